The van der Waals surface area contributed by atoms with Crippen molar-refractivity contribution >= 4 is 44.9 Å². The Hall–Kier alpha value is -3.13. The summed E-state index contributed by atoms with van der Waals surface area (Å²) in [7, 11) is 1.81. The summed E-state index contributed by atoms with van der Waals surface area (Å²) in [5, 5.41) is 12.7. The van der Waals surface area contributed by atoms with E-state index in [4.69, 9.17) is 5.73 Å². The van der Waals surface area contributed by atoms with Crippen molar-refractivity contribution in [2.45, 2.75) is 6.92 Å². The van der Waals surface area contributed by atoms with Crippen molar-refractivity contribution in [1.29, 1.82) is 0 Å². The van der Waals surface area contributed by atoms with Gasteiger partial charge >= 0.3 is 0 Å². The molecule has 5 N–H and O–H groups in total. The van der Waals surface area contributed by atoms with E-state index in [0.717, 1.165) is 16.8 Å². The number of para-hydroxylation sites is 1. The molecule has 0 saturated heterocycles. The van der Waals surface area contributed by atoms with Crippen molar-refractivity contribution < 1.29 is 4.79 Å². The topological polar surface area (TPSA) is 108 Å². The van der Waals surface area contributed by atoms with Gasteiger partial charge in [-0.3, -0.25) is 9.89 Å². The number of hydrogen-bond acceptors (Lipinski definition) is 4. The molecule has 0 aliphatic heterocycles. The van der Waals surface area contributed by atoms with Crippen LogP contribution in [0.1, 0.15) is 21.6 Å². The number of aryl methyl sites for hydroxylation is 1. The van der Waals surface area contributed by atoms with Gasteiger partial charge in [-0.25, -0.2) is 4.99 Å². The number of halogens is 1. The molecule has 8 heteroatoms. The van der Waals surface area contributed by atoms with Crippen molar-refractivity contribution in [2.75, 3.05) is 17.7 Å². The Morgan fingerprint density at radius 3 is 2.59 bits per heavy atom. The van der Waals surface area contributed by atoms with E-state index in [1.807, 2.05) is 62.5 Å². The minimum atomic E-state index is -0.325. The molecule has 138 valence electrons. The number of amides is 1. The fourth-order valence-electron chi connectivity index (χ4n) is 2.47. The summed E-state index contributed by atoms with van der Waals surface area (Å²) in [5.74, 6) is 0.263. The molecule has 2 aromatic carbocycles. The van der Waals surface area contributed by atoms with E-state index in [-0.39, 0.29) is 17.4 Å². The van der Waals surface area contributed by atoms with Gasteiger partial charge in [-0.1, -0.05) is 29.8 Å². The van der Waals surface area contributed by atoms with Crippen molar-refractivity contribution in [3.8, 4) is 0 Å². The molecule has 27 heavy (non-hydrogen) atoms. The lowest BCUT2D eigenvalue weighted by molar-refractivity contribution is 0.102. The second-order valence-corrected chi connectivity index (χ2v) is 6.64. The average Bonchev–Trinajstić information content (AvgIpc) is 3.04. The van der Waals surface area contributed by atoms with E-state index in [9.17, 15) is 4.79 Å². The highest BCUT2D eigenvalue weighted by atomic mass is 79.9. The quantitative estimate of drug-likeness (QED) is 0.367. The third-order valence-electron chi connectivity index (χ3n) is 3.92. The predicted molar refractivity (Wildman–Crippen MR) is 112 cm³/mol. The van der Waals surface area contributed by atoms with Gasteiger partial charge in [0, 0.05) is 24.0 Å². The molecule has 0 radical (unpaired) electrons. The van der Waals surface area contributed by atoms with Gasteiger partial charge in [0.25, 0.3) is 5.91 Å². The molecule has 1 heterocycles. The van der Waals surface area contributed by atoms with Crippen LogP contribution in [0.25, 0.3) is 0 Å². The fraction of sp³-hybridized carbons (Fsp3) is 0.105. The lowest BCUT2D eigenvalue weighted by Gasteiger charge is -2.07. The van der Waals surface area contributed by atoms with Crippen molar-refractivity contribution in [3.05, 3.63) is 69.8 Å². The second-order valence-electron chi connectivity index (χ2n) is 5.85. The Morgan fingerprint density at radius 1 is 1.19 bits per heavy atom. The highest BCUT2D eigenvalue weighted by Gasteiger charge is 2.18. The van der Waals surface area contributed by atoms with Gasteiger partial charge < -0.3 is 16.4 Å². The zero-order valence-corrected chi connectivity index (χ0v) is 16.5. The largest absolute Gasteiger partial charge is 0.388 e. The molecule has 0 spiro atoms. The number of hydrogen-bond donors (Lipinski definition) is 4. The minimum absolute atomic E-state index is 0.268. The average molecular weight is 427 g/mol. The number of nitrogens with two attached hydrogens (primary N) is 1. The molecule has 1 aromatic heterocycles. The number of amidine groups is 1. The van der Waals surface area contributed by atoms with Crippen LogP contribution in [0.15, 0.2) is 58.0 Å². The van der Waals surface area contributed by atoms with Crippen LogP contribution in [-0.2, 0) is 0 Å². The lowest BCUT2D eigenvalue weighted by atomic mass is 10.1. The van der Waals surface area contributed by atoms with E-state index in [0.29, 0.717) is 16.0 Å². The second kappa shape index (κ2) is 8.05. The Morgan fingerprint density at radius 2 is 1.89 bits per heavy atom. The number of benzene rings is 2. The van der Waals surface area contributed by atoms with Crippen LogP contribution in [-0.4, -0.2) is 29.0 Å². The zero-order valence-electron chi connectivity index (χ0n) is 14.9. The van der Waals surface area contributed by atoms with Gasteiger partial charge in [-0.2, -0.15) is 5.10 Å². The minimum Gasteiger partial charge on any atom is -0.388 e. The number of nitrogens with one attached hydrogen (secondary N) is 3. The first-order valence-electron chi connectivity index (χ1n) is 8.22. The maximum absolute atomic E-state index is 12.5. The Kier molecular flexibility index (Phi) is 5.56. The molecular formula is C19H19BrN6O. The number of rotatable bonds is 5. The maximum atomic E-state index is 12.5. The first-order valence-corrected chi connectivity index (χ1v) is 9.02. The first kappa shape index (κ1) is 18.7. The summed E-state index contributed by atoms with van der Waals surface area (Å²) in [6, 6.07) is 15.1. The molecule has 1 amide bonds. The number of carbonyl (C=O) groups excluding carboxylic acids is 1. The van der Waals surface area contributed by atoms with Crippen molar-refractivity contribution in [2.24, 2.45) is 10.7 Å². The van der Waals surface area contributed by atoms with E-state index < -0.39 is 0 Å². The highest BCUT2D eigenvalue weighted by molar-refractivity contribution is 9.10. The van der Waals surface area contributed by atoms with Gasteiger partial charge in [-0.15, -0.1) is 0 Å². The zero-order chi connectivity index (χ0) is 19.4. The predicted octanol–water partition coefficient (Wildman–Crippen LogP) is 3.81. The third kappa shape index (κ3) is 4.17. The molecule has 0 aliphatic rings. The Balaban J connectivity index is 1.84. The van der Waals surface area contributed by atoms with Crippen LogP contribution in [0.5, 0.6) is 0 Å². The normalized spacial score (nSPS) is 11.3. The number of H-pyrrole nitrogens is 1. The van der Waals surface area contributed by atoms with Gasteiger partial charge in [0.15, 0.2) is 5.82 Å². The summed E-state index contributed by atoms with van der Waals surface area (Å²) < 4.78 is 0.442. The van der Waals surface area contributed by atoms with E-state index in [1.165, 1.54) is 0 Å². The molecule has 0 fully saturated rings. The van der Waals surface area contributed by atoms with Gasteiger partial charge in [-0.05, 0) is 47.1 Å². The SMILES string of the molecule is CNc1ccccc1C(N)=Nc1n[nH]c(C(=O)Nc2ccc(C)cc2)c1Br. The molecule has 0 aliphatic carbocycles. The summed E-state index contributed by atoms with van der Waals surface area (Å²) in [6.07, 6.45) is 0. The third-order valence-corrected chi connectivity index (χ3v) is 4.68. The van der Waals surface area contributed by atoms with Gasteiger partial charge in [0.2, 0.25) is 0 Å². The van der Waals surface area contributed by atoms with Gasteiger partial charge in [0.05, 0.1) is 4.47 Å². The van der Waals surface area contributed by atoms with Crippen LogP contribution in [0.2, 0.25) is 0 Å². The molecule has 0 unspecified atom stereocenters. The molecule has 3 rings (SSSR count). The van der Waals surface area contributed by atoms with Crippen molar-refractivity contribution in [1.82, 2.24) is 10.2 Å². The smallest absolute Gasteiger partial charge is 0.274 e. The number of carbonyl (C=O) groups is 1. The maximum Gasteiger partial charge on any atom is 0.274 e. The Bertz CT molecular complexity index is 994. The molecule has 0 bridgehead atoms. The van der Waals surface area contributed by atoms with Crippen LogP contribution >= 0.6 is 15.9 Å². The monoisotopic (exact) mass is 426 g/mol. The number of aromatic nitrogens is 2. The molecule has 0 saturated carbocycles. The summed E-state index contributed by atoms with van der Waals surface area (Å²) >= 11 is 3.38. The standard InChI is InChI=1S/C19H19BrN6O/c1-11-7-9-12(10-8-11)23-19(27)16-15(20)18(26-25-16)24-17(21)13-5-3-4-6-14(13)22-2/h3-10,22H,1-2H3,(H,23,27)(H3,21,24,25,26). The van der Waals surface area contributed by atoms with Crippen LogP contribution in [0.3, 0.4) is 0 Å². The van der Waals surface area contributed by atoms with Crippen LogP contribution < -0.4 is 16.4 Å². The molecule has 3 aromatic rings. The molecular weight excluding hydrogens is 408 g/mol. The lowest BCUT2D eigenvalue weighted by Crippen LogP contribution is -2.15. The van der Waals surface area contributed by atoms with Crippen LogP contribution in [0.4, 0.5) is 17.2 Å². The summed E-state index contributed by atoms with van der Waals surface area (Å²) in [6.45, 7) is 1.98. The Labute approximate surface area is 165 Å². The number of anilines is 2. The highest BCUT2D eigenvalue weighted by Crippen LogP contribution is 2.28. The van der Waals surface area contributed by atoms with Crippen LogP contribution in [0, 0.1) is 6.92 Å². The summed E-state index contributed by atoms with van der Waals surface area (Å²) in [5.41, 5.74) is 9.81. The van der Waals surface area contributed by atoms with E-state index in [2.05, 4.69) is 41.8 Å². The van der Waals surface area contributed by atoms with E-state index in [1.54, 1.807) is 0 Å². The van der Waals surface area contributed by atoms with Crippen molar-refractivity contribution in [3.63, 3.8) is 0 Å². The number of aliphatic imine (C=N–C) groups is 1. The number of aromatic amines is 1. The fourth-order valence-corrected chi connectivity index (χ4v) is 2.92. The first-order chi connectivity index (χ1) is 13.0. The summed E-state index contributed by atoms with van der Waals surface area (Å²) in [4.78, 5) is 16.8. The molecule has 0 atom stereocenters. The van der Waals surface area contributed by atoms with E-state index >= 15 is 0 Å². The molecule has 7 nitrogen and oxygen atoms in total. The van der Waals surface area contributed by atoms with Gasteiger partial charge in [0.1, 0.15) is 11.5 Å². The number of nitrogens with zero attached hydrogens (tertiary/aromatic N) is 2.